The summed E-state index contributed by atoms with van der Waals surface area (Å²) in [6.07, 6.45) is 49.9. The zero-order valence-electron chi connectivity index (χ0n) is 49.7. The molecule has 1 aliphatic rings. The Bertz CT molecular complexity index is 1430. The number of carboxylic acids is 1. The van der Waals surface area contributed by atoms with Gasteiger partial charge in [0.25, 0.3) is 0 Å². The van der Waals surface area contributed by atoms with Gasteiger partial charge in [0.1, 0.15) is 18.8 Å². The van der Waals surface area contributed by atoms with E-state index in [9.17, 15) is 34.5 Å². The third-order valence-electron chi connectivity index (χ3n) is 15.0. The van der Waals surface area contributed by atoms with Crippen LogP contribution in [0.4, 0.5) is 0 Å². The second-order valence-electron chi connectivity index (χ2n) is 22.4. The summed E-state index contributed by atoms with van der Waals surface area (Å²) >= 11 is 0. The molecule has 12 nitrogen and oxygen atoms in total. The van der Waals surface area contributed by atoms with Crippen molar-refractivity contribution in [3.05, 3.63) is 24.3 Å². The van der Waals surface area contributed by atoms with Crippen molar-refractivity contribution >= 4 is 23.9 Å². The molecular weight excluding hydrogens is 973 g/mol. The van der Waals surface area contributed by atoms with Gasteiger partial charge in [-0.3, -0.25) is 14.4 Å². The van der Waals surface area contributed by atoms with Crippen LogP contribution in [0.1, 0.15) is 316 Å². The second-order valence-corrected chi connectivity index (χ2v) is 22.4. The van der Waals surface area contributed by atoms with E-state index in [2.05, 4.69) is 45.1 Å². The Labute approximate surface area is 470 Å². The van der Waals surface area contributed by atoms with Crippen LogP contribution >= 0.6 is 0 Å². The number of aliphatic carboxylic acids is 1. The molecule has 6 atom stereocenters. The second kappa shape index (κ2) is 53.8. The maximum absolute atomic E-state index is 13.2. The van der Waals surface area contributed by atoms with Crippen LogP contribution in [0.2, 0.25) is 0 Å². The monoisotopic (exact) mass is 1090 g/mol. The molecule has 0 aromatic rings. The number of aliphatic hydroxyl groups is 2. The number of unbranched alkanes of at least 4 members (excludes halogenated alkanes) is 38. The predicted octanol–water partition coefficient (Wildman–Crippen LogP) is 17.0. The van der Waals surface area contributed by atoms with Gasteiger partial charge in [-0.25, -0.2) is 4.79 Å². The van der Waals surface area contributed by atoms with Gasteiger partial charge >= 0.3 is 23.9 Å². The van der Waals surface area contributed by atoms with E-state index < -0.39 is 67.3 Å². The first-order chi connectivity index (χ1) is 37.6. The number of esters is 3. The average molecular weight is 1090 g/mol. The fourth-order valence-electron chi connectivity index (χ4n) is 10.0. The zero-order chi connectivity index (χ0) is 56.1. The van der Waals surface area contributed by atoms with Crippen LogP contribution in [0.15, 0.2) is 24.3 Å². The van der Waals surface area contributed by atoms with Crippen molar-refractivity contribution in [3.63, 3.8) is 0 Å². The van der Waals surface area contributed by atoms with Crippen LogP contribution in [0.5, 0.6) is 0 Å². The summed E-state index contributed by atoms with van der Waals surface area (Å²) in [7, 11) is 0. The van der Waals surface area contributed by atoms with E-state index in [1.165, 1.54) is 167 Å². The maximum atomic E-state index is 13.2. The van der Waals surface area contributed by atoms with Crippen molar-refractivity contribution in [2.24, 2.45) is 0 Å². The van der Waals surface area contributed by atoms with E-state index >= 15 is 0 Å². The highest BCUT2D eigenvalue weighted by atomic mass is 16.7. The molecule has 3 N–H and O–H groups in total. The number of ether oxygens (including phenoxy) is 5. The van der Waals surface area contributed by atoms with Gasteiger partial charge in [0.2, 0.25) is 0 Å². The van der Waals surface area contributed by atoms with Crippen molar-refractivity contribution in [2.45, 2.75) is 353 Å². The summed E-state index contributed by atoms with van der Waals surface area (Å²) in [5.41, 5.74) is 0. The van der Waals surface area contributed by atoms with E-state index in [4.69, 9.17) is 23.7 Å². The van der Waals surface area contributed by atoms with Crippen molar-refractivity contribution < 1.29 is 58.2 Å². The molecule has 0 bridgehead atoms. The minimum Gasteiger partial charge on any atom is -0.479 e. The number of rotatable bonds is 56. The molecule has 450 valence electrons. The molecule has 6 unspecified atom stereocenters. The fraction of sp³-hybridized carbons (Fsp3) is 0.877. The van der Waals surface area contributed by atoms with E-state index in [0.717, 1.165) is 89.9 Å². The average Bonchev–Trinajstić information content (AvgIpc) is 3.42. The first-order valence-corrected chi connectivity index (χ1v) is 32.3. The number of hydrogen-bond donors (Lipinski definition) is 3. The largest absolute Gasteiger partial charge is 0.479 e. The van der Waals surface area contributed by atoms with Gasteiger partial charge in [-0.05, 0) is 70.6 Å². The smallest absolute Gasteiger partial charge is 0.335 e. The van der Waals surface area contributed by atoms with Gasteiger partial charge in [-0.15, -0.1) is 0 Å². The standard InChI is InChI=1S/C65H118O12/c1-4-7-10-13-16-19-22-25-27-29-31-34-36-39-42-45-48-51-57(66)73-54-56(75-58(67)52-49-46-43-40-37-33-24-21-18-15-12-9-6-3)55-74-65-63(61(70)60(69)62(77-65)64(71)72)76-59(68)53-50-47-44-41-38-35-32-30-28-26-23-20-17-14-11-8-5-2/h21,24,26,28,56,60-63,65,69-70H,4-20,22-23,25,27,29-55H2,1-3H3,(H,71,72)/b24-21-,28-26-. The topological polar surface area (TPSA) is 175 Å². The molecule has 0 saturated carbocycles. The maximum Gasteiger partial charge on any atom is 0.335 e. The lowest BCUT2D eigenvalue weighted by molar-refractivity contribution is -0.301. The summed E-state index contributed by atoms with van der Waals surface area (Å²) in [4.78, 5) is 51.2. The van der Waals surface area contributed by atoms with Gasteiger partial charge < -0.3 is 39.0 Å². The summed E-state index contributed by atoms with van der Waals surface area (Å²) in [5.74, 6) is -3.10. The third-order valence-corrected chi connectivity index (χ3v) is 15.0. The van der Waals surface area contributed by atoms with Crippen LogP contribution in [0, 0.1) is 0 Å². The van der Waals surface area contributed by atoms with Crippen LogP contribution in [0.25, 0.3) is 0 Å². The first kappa shape index (κ1) is 72.2. The molecule has 1 rings (SSSR count). The Morgan fingerprint density at radius 1 is 0.416 bits per heavy atom. The summed E-state index contributed by atoms with van der Waals surface area (Å²) in [5, 5.41) is 31.6. The number of carbonyl (C=O) groups is 4. The molecule has 77 heavy (non-hydrogen) atoms. The molecule has 0 spiro atoms. The van der Waals surface area contributed by atoms with Crippen molar-refractivity contribution in [1.29, 1.82) is 0 Å². The quantitative estimate of drug-likeness (QED) is 0.0228. The molecule has 0 aromatic carbocycles. The van der Waals surface area contributed by atoms with Crippen LogP contribution in [0.3, 0.4) is 0 Å². The normalized spacial score (nSPS) is 18.1. The van der Waals surface area contributed by atoms with Crippen LogP contribution in [-0.4, -0.2) is 89.2 Å². The summed E-state index contributed by atoms with van der Waals surface area (Å²) < 4.78 is 28.5. The van der Waals surface area contributed by atoms with E-state index in [0.29, 0.717) is 19.3 Å². The van der Waals surface area contributed by atoms with Gasteiger partial charge in [0.05, 0.1) is 6.61 Å². The van der Waals surface area contributed by atoms with Gasteiger partial charge in [0.15, 0.2) is 24.6 Å². The SMILES string of the molecule is CCCCCC/C=C\CCCCCCCC(=O)OC(COC(=O)CCCCCCCCCCCCCCCCCCC)COC1OC(C(=O)O)C(O)C(O)C1OC(=O)CCCCCCCCC/C=C\CCCCCCCC. The lowest BCUT2D eigenvalue weighted by Crippen LogP contribution is -2.61. The lowest BCUT2D eigenvalue weighted by Gasteiger charge is -2.40. The molecule has 0 aromatic heterocycles. The zero-order valence-corrected chi connectivity index (χ0v) is 49.7. The molecule has 1 heterocycles. The number of aliphatic hydroxyl groups excluding tert-OH is 2. The van der Waals surface area contributed by atoms with Crippen molar-refractivity contribution in [3.8, 4) is 0 Å². The number of allylic oxidation sites excluding steroid dienone is 4. The third kappa shape index (κ3) is 43.7. The number of carboxylic acid groups (broad SMARTS) is 1. The Morgan fingerprint density at radius 2 is 0.740 bits per heavy atom. The lowest BCUT2D eigenvalue weighted by atomic mass is 9.98. The molecule has 0 amide bonds. The highest BCUT2D eigenvalue weighted by Gasteiger charge is 2.50. The molecule has 1 fully saturated rings. The van der Waals surface area contributed by atoms with Gasteiger partial charge in [-0.2, -0.15) is 0 Å². The molecule has 1 saturated heterocycles. The molecule has 0 aliphatic carbocycles. The molecule has 12 heteroatoms. The molecule has 1 aliphatic heterocycles. The number of carbonyl (C=O) groups excluding carboxylic acids is 3. The fourth-order valence-corrected chi connectivity index (χ4v) is 10.0. The minimum atomic E-state index is -1.90. The Morgan fingerprint density at radius 3 is 1.12 bits per heavy atom. The van der Waals surface area contributed by atoms with Crippen LogP contribution in [-0.2, 0) is 42.9 Å². The summed E-state index contributed by atoms with van der Waals surface area (Å²) in [6, 6.07) is 0. The van der Waals surface area contributed by atoms with Gasteiger partial charge in [0, 0.05) is 19.3 Å². The van der Waals surface area contributed by atoms with E-state index in [1.54, 1.807) is 0 Å². The highest BCUT2D eigenvalue weighted by molar-refractivity contribution is 5.74. The van der Waals surface area contributed by atoms with Crippen molar-refractivity contribution in [1.82, 2.24) is 0 Å². The van der Waals surface area contributed by atoms with E-state index in [-0.39, 0.29) is 25.9 Å². The highest BCUT2D eigenvalue weighted by Crippen LogP contribution is 2.27. The first-order valence-electron chi connectivity index (χ1n) is 32.3. The van der Waals surface area contributed by atoms with E-state index in [1.807, 2.05) is 0 Å². The number of hydrogen-bond acceptors (Lipinski definition) is 11. The van der Waals surface area contributed by atoms with Gasteiger partial charge in [-0.1, -0.05) is 251 Å². The Balaban J connectivity index is 2.64. The minimum absolute atomic E-state index is 0.0592. The van der Waals surface area contributed by atoms with Crippen LogP contribution < -0.4 is 0 Å². The summed E-state index contributed by atoms with van der Waals surface area (Å²) in [6.45, 7) is 6.01. The molecule has 0 radical (unpaired) electrons. The molecular formula is C65H118O12. The van der Waals surface area contributed by atoms with Crippen molar-refractivity contribution in [2.75, 3.05) is 13.2 Å². The predicted molar refractivity (Wildman–Crippen MR) is 313 cm³/mol. The Hall–Kier alpha value is -2.80. The Kier molecular flexibility index (Phi) is 50.5.